The van der Waals surface area contributed by atoms with Crippen LogP contribution in [-0.4, -0.2) is 63.2 Å². The van der Waals surface area contributed by atoms with Crippen molar-refractivity contribution in [3.63, 3.8) is 0 Å². The molecule has 1 aliphatic rings. The van der Waals surface area contributed by atoms with E-state index < -0.39 is 0 Å². The normalized spacial score (nSPS) is 14.6. The molecule has 0 radical (unpaired) electrons. The number of nitrogens with zero attached hydrogens (tertiary/aromatic N) is 6. The molecule has 0 unspecified atom stereocenters. The fourth-order valence-corrected chi connectivity index (χ4v) is 5.13. The van der Waals surface area contributed by atoms with Crippen LogP contribution in [0.1, 0.15) is 57.8 Å². The highest BCUT2D eigenvalue weighted by Gasteiger charge is 2.28. The van der Waals surface area contributed by atoms with E-state index in [2.05, 4.69) is 51.3 Å². The Morgan fingerprint density at radius 3 is 2.59 bits per heavy atom. The summed E-state index contributed by atoms with van der Waals surface area (Å²) in [5.74, 6) is 2.91. The molecule has 0 amide bonds. The van der Waals surface area contributed by atoms with Gasteiger partial charge in [-0.15, -0.1) is 0 Å². The quantitative estimate of drug-likeness (QED) is 0.417. The van der Waals surface area contributed by atoms with Crippen molar-refractivity contribution in [3.8, 4) is 17.0 Å². The molecule has 2 aromatic heterocycles. The van der Waals surface area contributed by atoms with E-state index >= 15 is 0 Å². The zero-order chi connectivity index (χ0) is 26.5. The predicted octanol–water partition coefficient (Wildman–Crippen LogP) is 4.88. The molecular weight excluding hydrogens is 469 g/mol. The fraction of sp³-hybridized carbons (Fsp3) is 0.536. The van der Waals surface area contributed by atoms with Crippen molar-refractivity contribution < 1.29 is 9.13 Å². The van der Waals surface area contributed by atoms with Gasteiger partial charge < -0.3 is 19.9 Å². The van der Waals surface area contributed by atoms with Gasteiger partial charge in [0.05, 0.1) is 12.3 Å². The first-order valence-corrected chi connectivity index (χ1v) is 13.4. The molecule has 1 fully saturated rings. The SMILES string of the molecule is CCOc1c(N)ncnc1N1CCC(c2nc(-c3ccc(F)c(C)c3)cn2CCN(CC)C(C)C)CC1. The Hall–Kier alpha value is -3.20. The molecule has 37 heavy (non-hydrogen) atoms. The number of aromatic nitrogens is 4. The topological polar surface area (TPSA) is 85.3 Å². The Morgan fingerprint density at radius 1 is 1.19 bits per heavy atom. The summed E-state index contributed by atoms with van der Waals surface area (Å²) in [6.07, 6.45) is 5.52. The molecule has 4 rings (SSSR count). The molecule has 0 bridgehead atoms. The molecule has 0 atom stereocenters. The molecule has 0 saturated carbocycles. The monoisotopic (exact) mass is 509 g/mol. The molecule has 2 N–H and O–H groups in total. The van der Waals surface area contributed by atoms with Crippen LogP contribution in [0, 0.1) is 12.7 Å². The minimum Gasteiger partial charge on any atom is -0.487 e. The molecule has 1 aliphatic heterocycles. The van der Waals surface area contributed by atoms with Crippen LogP contribution < -0.4 is 15.4 Å². The Bertz CT molecular complexity index is 1190. The number of halogens is 1. The van der Waals surface area contributed by atoms with E-state index in [0.717, 1.165) is 68.5 Å². The first-order valence-electron chi connectivity index (χ1n) is 13.4. The Balaban J connectivity index is 1.57. The number of likely N-dealkylation sites (N-methyl/N-ethyl adjacent to an activating group) is 1. The van der Waals surface area contributed by atoms with Gasteiger partial charge in [0.15, 0.2) is 11.6 Å². The summed E-state index contributed by atoms with van der Waals surface area (Å²) in [7, 11) is 0. The summed E-state index contributed by atoms with van der Waals surface area (Å²) >= 11 is 0. The standard InChI is InChI=1S/C28H40FN7O/c1-6-34(19(3)4)14-15-36-17-24(22-8-9-23(29)20(5)16-22)33-27(36)21-10-12-35(13-11-21)28-25(37-7-2)26(30)31-18-32-28/h8-9,16-19,21H,6-7,10-15H2,1-5H3,(H2,30,31,32). The second-order valence-corrected chi connectivity index (χ2v) is 9.97. The van der Waals surface area contributed by atoms with Crippen LogP contribution in [-0.2, 0) is 6.54 Å². The summed E-state index contributed by atoms with van der Waals surface area (Å²) in [4.78, 5) is 18.4. The second-order valence-electron chi connectivity index (χ2n) is 9.97. The first-order chi connectivity index (χ1) is 17.8. The third-order valence-electron chi connectivity index (χ3n) is 7.29. The van der Waals surface area contributed by atoms with Crippen LogP contribution in [0.25, 0.3) is 11.3 Å². The zero-order valence-corrected chi connectivity index (χ0v) is 22.7. The Morgan fingerprint density at radius 2 is 1.95 bits per heavy atom. The van der Waals surface area contributed by atoms with Crippen LogP contribution in [0.5, 0.6) is 5.75 Å². The summed E-state index contributed by atoms with van der Waals surface area (Å²) in [5, 5.41) is 0. The number of nitrogen functional groups attached to an aromatic ring is 1. The maximum Gasteiger partial charge on any atom is 0.204 e. The summed E-state index contributed by atoms with van der Waals surface area (Å²) in [6, 6.07) is 5.72. The number of piperidine rings is 1. The van der Waals surface area contributed by atoms with E-state index in [0.29, 0.717) is 35.7 Å². The van der Waals surface area contributed by atoms with Crippen molar-refractivity contribution in [3.05, 3.63) is 47.9 Å². The van der Waals surface area contributed by atoms with Crippen LogP contribution in [0.2, 0.25) is 0 Å². The van der Waals surface area contributed by atoms with Gasteiger partial charge in [-0.2, -0.15) is 0 Å². The number of imidazole rings is 1. The maximum atomic E-state index is 13.9. The number of nitrogens with two attached hydrogens (primary N) is 1. The second kappa shape index (κ2) is 11.9. The zero-order valence-electron chi connectivity index (χ0n) is 22.7. The predicted molar refractivity (Wildman–Crippen MR) is 147 cm³/mol. The third kappa shape index (κ3) is 6.04. The van der Waals surface area contributed by atoms with Gasteiger partial charge in [0, 0.05) is 49.9 Å². The number of ether oxygens (including phenoxy) is 1. The van der Waals surface area contributed by atoms with Crippen molar-refractivity contribution in [2.45, 2.75) is 66.0 Å². The lowest BCUT2D eigenvalue weighted by Gasteiger charge is -2.33. The number of anilines is 2. The highest BCUT2D eigenvalue weighted by Crippen LogP contribution is 2.36. The van der Waals surface area contributed by atoms with Gasteiger partial charge >= 0.3 is 0 Å². The molecular formula is C28H40FN7O. The minimum absolute atomic E-state index is 0.192. The average Bonchev–Trinajstić information content (AvgIpc) is 3.31. The van der Waals surface area contributed by atoms with Gasteiger partial charge in [0.2, 0.25) is 5.75 Å². The lowest BCUT2D eigenvalue weighted by molar-refractivity contribution is 0.223. The number of rotatable bonds is 10. The van der Waals surface area contributed by atoms with Crippen LogP contribution in [0.4, 0.5) is 16.0 Å². The van der Waals surface area contributed by atoms with Crippen molar-refractivity contribution in [2.24, 2.45) is 0 Å². The molecule has 0 spiro atoms. The molecule has 1 saturated heterocycles. The number of aryl methyl sites for hydroxylation is 1. The summed E-state index contributed by atoms with van der Waals surface area (Å²) in [6.45, 7) is 15.4. The minimum atomic E-state index is -0.192. The molecule has 200 valence electrons. The largest absolute Gasteiger partial charge is 0.487 e. The lowest BCUT2D eigenvalue weighted by Crippen LogP contribution is -2.36. The van der Waals surface area contributed by atoms with Gasteiger partial charge in [-0.25, -0.2) is 19.3 Å². The van der Waals surface area contributed by atoms with Crippen LogP contribution >= 0.6 is 0 Å². The molecule has 3 heterocycles. The van der Waals surface area contributed by atoms with Crippen molar-refractivity contribution in [1.29, 1.82) is 0 Å². The highest BCUT2D eigenvalue weighted by atomic mass is 19.1. The van der Waals surface area contributed by atoms with E-state index in [9.17, 15) is 4.39 Å². The van der Waals surface area contributed by atoms with Gasteiger partial charge in [0.25, 0.3) is 0 Å². The van der Waals surface area contributed by atoms with E-state index in [1.807, 2.05) is 19.1 Å². The van der Waals surface area contributed by atoms with Gasteiger partial charge in [-0.1, -0.05) is 6.92 Å². The van der Waals surface area contributed by atoms with E-state index in [1.54, 1.807) is 6.92 Å². The number of hydrogen-bond acceptors (Lipinski definition) is 7. The fourth-order valence-electron chi connectivity index (χ4n) is 5.13. The molecule has 8 nitrogen and oxygen atoms in total. The molecule has 9 heteroatoms. The Labute approximate surface area is 219 Å². The van der Waals surface area contributed by atoms with E-state index in [4.69, 9.17) is 15.5 Å². The van der Waals surface area contributed by atoms with Crippen LogP contribution in [0.3, 0.4) is 0 Å². The van der Waals surface area contributed by atoms with E-state index in [1.165, 1.54) is 12.4 Å². The maximum absolute atomic E-state index is 13.9. The number of hydrogen-bond donors (Lipinski definition) is 1. The highest BCUT2D eigenvalue weighted by molar-refractivity contribution is 5.63. The van der Waals surface area contributed by atoms with Crippen LogP contribution in [0.15, 0.2) is 30.7 Å². The lowest BCUT2D eigenvalue weighted by atomic mass is 9.95. The molecule has 3 aromatic rings. The molecule has 0 aliphatic carbocycles. The van der Waals surface area contributed by atoms with Crippen molar-refractivity contribution in [2.75, 3.05) is 43.4 Å². The van der Waals surface area contributed by atoms with Gasteiger partial charge in [-0.3, -0.25) is 4.90 Å². The van der Waals surface area contributed by atoms with Gasteiger partial charge in [0.1, 0.15) is 18.0 Å². The third-order valence-corrected chi connectivity index (χ3v) is 7.29. The smallest absolute Gasteiger partial charge is 0.204 e. The molecule has 1 aromatic carbocycles. The van der Waals surface area contributed by atoms with E-state index in [-0.39, 0.29) is 5.82 Å². The average molecular weight is 510 g/mol. The first kappa shape index (κ1) is 26.9. The Kier molecular flexibility index (Phi) is 8.63. The van der Waals surface area contributed by atoms with Gasteiger partial charge in [-0.05, 0) is 70.8 Å². The number of benzene rings is 1. The van der Waals surface area contributed by atoms with Crippen molar-refractivity contribution in [1.82, 2.24) is 24.4 Å². The summed E-state index contributed by atoms with van der Waals surface area (Å²) < 4.78 is 22.0. The summed E-state index contributed by atoms with van der Waals surface area (Å²) in [5.41, 5.74) is 8.56. The van der Waals surface area contributed by atoms with Crippen molar-refractivity contribution >= 4 is 11.6 Å².